The summed E-state index contributed by atoms with van der Waals surface area (Å²) in [6, 6.07) is 0. The maximum absolute atomic E-state index is 9.93. The molecule has 0 bridgehead atoms. The highest BCUT2D eigenvalue weighted by Crippen LogP contribution is 1.81. The Morgan fingerprint density at radius 3 is 2.83 bits per heavy atom. The number of hydrogen-bond acceptors (Lipinski definition) is 2. The smallest absolute Gasteiger partial charge is 0.266 e. The van der Waals surface area contributed by atoms with Crippen molar-refractivity contribution in [1.29, 1.82) is 0 Å². The van der Waals surface area contributed by atoms with E-state index in [0.29, 0.717) is 6.67 Å². The molecule has 0 aromatic heterocycles. The fourth-order valence-electron chi connectivity index (χ4n) is 0.270. The van der Waals surface area contributed by atoms with Gasteiger partial charge in [-0.1, -0.05) is 0 Å². The Bertz CT molecular complexity index is 103. The summed E-state index contributed by atoms with van der Waals surface area (Å²) >= 11 is 0. The van der Waals surface area contributed by atoms with Gasteiger partial charge in [-0.3, -0.25) is 10.1 Å². The molecular weight excluding hydrogens is 80.0 g/mol. The zero-order valence-corrected chi connectivity index (χ0v) is 3.09. The molecule has 0 spiro atoms. The molecule has 3 heteroatoms. The van der Waals surface area contributed by atoms with Crippen molar-refractivity contribution in [3.8, 4) is 0 Å². The molecule has 1 rings (SSSR count). The molecule has 0 saturated heterocycles. The molecule has 31 valence electrons. The summed E-state index contributed by atoms with van der Waals surface area (Å²) in [6.45, 7) is 0.332. The van der Waals surface area contributed by atoms with Gasteiger partial charge in [0, 0.05) is 0 Å². The lowest BCUT2D eigenvalue weighted by Crippen LogP contribution is -1.86. The molecule has 6 heavy (non-hydrogen) atoms. The second-order valence-corrected chi connectivity index (χ2v) is 0.949. The second-order valence-electron chi connectivity index (χ2n) is 0.949. The molecule has 0 aromatic carbocycles. The van der Waals surface area contributed by atoms with Gasteiger partial charge in [0.25, 0.3) is 5.90 Å². The Balaban J connectivity index is 2.68. The van der Waals surface area contributed by atoms with Gasteiger partial charge in [-0.25, -0.2) is 4.99 Å². The van der Waals surface area contributed by atoms with E-state index in [9.17, 15) is 5.11 Å². The van der Waals surface area contributed by atoms with E-state index in [2.05, 4.69) is 9.98 Å². The Kier molecular flexibility index (Phi) is 0.602. The summed E-state index contributed by atoms with van der Waals surface area (Å²) < 4.78 is 0. The maximum atomic E-state index is 9.93. The van der Waals surface area contributed by atoms with Gasteiger partial charge in [0.05, 0.1) is 6.21 Å². The van der Waals surface area contributed by atoms with Crippen molar-refractivity contribution in [3.63, 3.8) is 0 Å². The van der Waals surface area contributed by atoms with Crippen LogP contribution in [0.4, 0.5) is 0 Å². The van der Waals surface area contributed by atoms with Crippen LogP contribution in [0.3, 0.4) is 0 Å². The van der Waals surface area contributed by atoms with Crippen LogP contribution in [-0.4, -0.2) is 18.8 Å². The first kappa shape index (κ1) is 3.33. The molecule has 1 radical (unpaired) electrons. The highest BCUT2D eigenvalue weighted by molar-refractivity contribution is 6.26. The van der Waals surface area contributed by atoms with Crippen molar-refractivity contribution < 1.29 is 5.11 Å². The van der Waals surface area contributed by atoms with E-state index in [1.165, 1.54) is 6.21 Å². The molecule has 0 saturated carbocycles. The van der Waals surface area contributed by atoms with Crippen LogP contribution in [0.1, 0.15) is 0 Å². The Morgan fingerprint density at radius 1 is 1.83 bits per heavy atom. The number of nitrogens with zero attached hydrogens (tertiary/aromatic N) is 2. The van der Waals surface area contributed by atoms with Crippen LogP contribution in [0.15, 0.2) is 9.98 Å². The number of hydrogen-bond donors (Lipinski definition) is 0. The van der Waals surface area contributed by atoms with Gasteiger partial charge < -0.3 is 0 Å². The molecule has 0 fully saturated rings. The predicted octanol–water partition coefficient (Wildman–Crippen LogP) is -0.143. The summed E-state index contributed by atoms with van der Waals surface area (Å²) in [7, 11) is 0. The minimum Gasteiger partial charge on any atom is -0.266 e. The molecule has 0 N–H and O–H groups in total. The quantitative estimate of drug-likeness (QED) is 0.391. The summed E-state index contributed by atoms with van der Waals surface area (Å²) in [5.74, 6) is -0.213. The normalized spacial score (nSPS) is 18.3. The van der Waals surface area contributed by atoms with Gasteiger partial charge in [-0.15, -0.1) is 0 Å². The zero-order chi connectivity index (χ0) is 4.41. The van der Waals surface area contributed by atoms with Gasteiger partial charge >= 0.3 is 0 Å². The number of aliphatic imine (C=N–C) groups is 2. The van der Waals surface area contributed by atoms with E-state index in [4.69, 9.17) is 0 Å². The van der Waals surface area contributed by atoms with Crippen molar-refractivity contribution in [2.45, 2.75) is 0 Å². The Morgan fingerprint density at radius 2 is 2.67 bits per heavy atom. The molecule has 0 atom stereocenters. The van der Waals surface area contributed by atoms with Crippen molar-refractivity contribution in [1.82, 2.24) is 0 Å². The minimum absolute atomic E-state index is 0.213. The monoisotopic (exact) mass is 83.0 g/mol. The topological polar surface area (TPSA) is 44.6 Å². The van der Waals surface area contributed by atoms with Crippen LogP contribution >= 0.6 is 0 Å². The molecular formula is C3H3N2O. The van der Waals surface area contributed by atoms with E-state index in [0.717, 1.165) is 0 Å². The first-order chi connectivity index (χ1) is 2.89. The summed E-state index contributed by atoms with van der Waals surface area (Å²) in [5, 5.41) is 9.93. The van der Waals surface area contributed by atoms with Crippen LogP contribution < -0.4 is 0 Å². The third-order valence-electron chi connectivity index (χ3n) is 0.510. The molecule has 0 aliphatic carbocycles. The van der Waals surface area contributed by atoms with E-state index in [1.807, 2.05) is 0 Å². The second kappa shape index (κ2) is 1.08. The molecule has 1 aliphatic rings. The van der Waals surface area contributed by atoms with Crippen LogP contribution in [0.5, 0.6) is 0 Å². The highest BCUT2D eigenvalue weighted by atomic mass is 16.3. The third-order valence-corrected chi connectivity index (χ3v) is 0.510. The minimum atomic E-state index is -0.213. The van der Waals surface area contributed by atoms with Crippen molar-refractivity contribution in [2.75, 3.05) is 6.67 Å². The lowest BCUT2D eigenvalue weighted by Gasteiger charge is -1.64. The number of rotatable bonds is 0. The lowest BCUT2D eigenvalue weighted by molar-refractivity contribution is 0.438. The van der Waals surface area contributed by atoms with Gasteiger partial charge in [-0.05, 0) is 0 Å². The van der Waals surface area contributed by atoms with Crippen molar-refractivity contribution >= 4 is 12.1 Å². The Labute approximate surface area is 35.0 Å². The molecule has 1 heterocycles. The summed E-state index contributed by atoms with van der Waals surface area (Å²) in [4.78, 5) is 6.90. The first-order valence-electron chi connectivity index (χ1n) is 1.61. The highest BCUT2D eigenvalue weighted by Gasteiger charge is 1.93. The van der Waals surface area contributed by atoms with Gasteiger partial charge in [0.1, 0.15) is 6.67 Å². The first-order valence-corrected chi connectivity index (χ1v) is 1.61. The van der Waals surface area contributed by atoms with E-state index in [-0.39, 0.29) is 5.90 Å². The van der Waals surface area contributed by atoms with E-state index >= 15 is 0 Å². The fraction of sp³-hybridized carbons (Fsp3) is 0.333. The van der Waals surface area contributed by atoms with E-state index in [1.54, 1.807) is 0 Å². The molecule has 0 unspecified atom stereocenters. The molecule has 3 nitrogen and oxygen atoms in total. The van der Waals surface area contributed by atoms with Gasteiger partial charge in [0.15, 0.2) is 0 Å². The molecule has 1 aliphatic heterocycles. The largest absolute Gasteiger partial charge is 0.285 e. The predicted molar refractivity (Wildman–Crippen MR) is 21.5 cm³/mol. The fourth-order valence-corrected chi connectivity index (χ4v) is 0.270. The molecule has 0 aromatic rings. The molecule has 0 amide bonds. The maximum Gasteiger partial charge on any atom is 0.285 e. The van der Waals surface area contributed by atoms with Crippen LogP contribution in [-0.2, 0) is 5.11 Å². The average Bonchev–Trinajstić information content (AvgIpc) is 1.86. The van der Waals surface area contributed by atoms with E-state index < -0.39 is 0 Å². The standard InChI is InChI=1S/C3H3N2O/c6-3-1-4-2-5-3/h1H,2H2. The SMILES string of the molecule is [O]C1=NCN=C1. The summed E-state index contributed by atoms with van der Waals surface area (Å²) in [5.41, 5.74) is 0. The Hall–Kier alpha value is -0.860. The average molecular weight is 83.1 g/mol. The van der Waals surface area contributed by atoms with Crippen molar-refractivity contribution in [2.24, 2.45) is 9.98 Å². The van der Waals surface area contributed by atoms with Crippen molar-refractivity contribution in [3.05, 3.63) is 0 Å². The van der Waals surface area contributed by atoms with Gasteiger partial charge in [-0.2, -0.15) is 0 Å². The van der Waals surface area contributed by atoms with Crippen LogP contribution in [0, 0.1) is 0 Å². The lowest BCUT2D eigenvalue weighted by atomic mass is 10.8. The zero-order valence-electron chi connectivity index (χ0n) is 3.09. The van der Waals surface area contributed by atoms with Crippen LogP contribution in [0.2, 0.25) is 0 Å². The third kappa shape index (κ3) is 0.381. The van der Waals surface area contributed by atoms with Crippen LogP contribution in [0.25, 0.3) is 0 Å². The van der Waals surface area contributed by atoms with Gasteiger partial charge in [0.2, 0.25) is 0 Å². The summed E-state index contributed by atoms with van der Waals surface area (Å²) in [6.07, 6.45) is 1.22.